The Morgan fingerprint density at radius 3 is 2.24 bits per heavy atom. The molecule has 1 rings (SSSR count). The van der Waals surface area contributed by atoms with Crippen LogP contribution >= 0.6 is 0 Å². The second-order valence-corrected chi connectivity index (χ2v) is 5.82. The number of ether oxygens (including phenoxy) is 1. The average Bonchev–Trinajstić information content (AvgIpc) is 2.40. The van der Waals surface area contributed by atoms with Crippen LogP contribution in [0, 0.1) is 19.8 Å². The fourth-order valence-corrected chi connectivity index (χ4v) is 1.95. The third kappa shape index (κ3) is 5.58. The van der Waals surface area contributed by atoms with Gasteiger partial charge in [-0.2, -0.15) is 0 Å². The molecule has 1 N–H and O–H groups in total. The first-order valence-electron chi connectivity index (χ1n) is 7.37. The topological polar surface area (TPSA) is 55.4 Å². The first-order valence-corrected chi connectivity index (χ1v) is 7.37. The Balaban J connectivity index is 2.57. The largest absolute Gasteiger partial charge is 0.453 e. The van der Waals surface area contributed by atoms with Crippen LogP contribution in [0.4, 0.5) is 5.69 Å². The lowest BCUT2D eigenvalue weighted by atomic mass is 10.1. The van der Waals surface area contributed by atoms with E-state index in [4.69, 9.17) is 4.74 Å². The van der Waals surface area contributed by atoms with Gasteiger partial charge in [0.25, 0.3) is 5.91 Å². The number of aryl methyl sites for hydroxylation is 2. The maximum absolute atomic E-state index is 12.1. The predicted molar refractivity (Wildman–Crippen MR) is 84.2 cm³/mol. The number of carbonyl (C=O) groups excluding carboxylic acids is 2. The van der Waals surface area contributed by atoms with E-state index in [1.807, 2.05) is 45.9 Å². The lowest BCUT2D eigenvalue weighted by Gasteiger charge is -2.16. The number of para-hydroxylation sites is 1. The van der Waals surface area contributed by atoms with E-state index in [9.17, 15) is 9.59 Å². The summed E-state index contributed by atoms with van der Waals surface area (Å²) in [6.07, 6.45) is 0.326. The third-order valence-electron chi connectivity index (χ3n) is 3.33. The number of amides is 1. The van der Waals surface area contributed by atoms with Gasteiger partial charge in [0.1, 0.15) is 0 Å². The molecule has 0 heterocycles. The highest BCUT2D eigenvalue weighted by molar-refractivity contribution is 5.96. The van der Waals surface area contributed by atoms with Crippen molar-refractivity contribution < 1.29 is 14.3 Å². The third-order valence-corrected chi connectivity index (χ3v) is 3.33. The molecule has 4 nitrogen and oxygen atoms in total. The number of benzene rings is 1. The van der Waals surface area contributed by atoms with Crippen LogP contribution in [0.25, 0.3) is 0 Å². The number of hydrogen-bond acceptors (Lipinski definition) is 3. The van der Waals surface area contributed by atoms with Crippen molar-refractivity contribution >= 4 is 17.6 Å². The molecule has 0 aliphatic carbocycles. The number of rotatable bonds is 6. The van der Waals surface area contributed by atoms with Crippen LogP contribution in [0.3, 0.4) is 0 Å². The van der Waals surface area contributed by atoms with E-state index in [2.05, 4.69) is 5.32 Å². The lowest BCUT2D eigenvalue weighted by molar-refractivity contribution is -0.153. The summed E-state index contributed by atoms with van der Waals surface area (Å²) in [6.45, 7) is 9.55. The van der Waals surface area contributed by atoms with Crippen LogP contribution < -0.4 is 5.32 Å². The van der Waals surface area contributed by atoms with Gasteiger partial charge in [0.2, 0.25) is 0 Å². The van der Waals surface area contributed by atoms with Crippen molar-refractivity contribution in [1.82, 2.24) is 0 Å². The molecule has 0 saturated carbocycles. The normalized spacial score (nSPS) is 12.1. The number of anilines is 1. The minimum atomic E-state index is -0.788. The fraction of sp³-hybridized carbons (Fsp3) is 0.529. The van der Waals surface area contributed by atoms with Crippen molar-refractivity contribution in [3.05, 3.63) is 29.3 Å². The molecule has 0 aliphatic heterocycles. The van der Waals surface area contributed by atoms with Crippen molar-refractivity contribution in [2.24, 2.45) is 5.92 Å². The maximum atomic E-state index is 12.1. The van der Waals surface area contributed by atoms with Gasteiger partial charge < -0.3 is 10.1 Å². The molecule has 4 heteroatoms. The SMILES string of the molecule is Cc1cccc(C)c1NC(=O)[C@H](C)OC(=O)CCC(C)C. The Hall–Kier alpha value is -1.84. The molecule has 0 bridgehead atoms. The molecule has 1 aromatic carbocycles. The van der Waals surface area contributed by atoms with Gasteiger partial charge in [-0.05, 0) is 44.2 Å². The highest BCUT2D eigenvalue weighted by Crippen LogP contribution is 2.19. The van der Waals surface area contributed by atoms with Crippen molar-refractivity contribution in [3.8, 4) is 0 Å². The van der Waals surface area contributed by atoms with Gasteiger partial charge >= 0.3 is 5.97 Å². The highest BCUT2D eigenvalue weighted by atomic mass is 16.5. The van der Waals surface area contributed by atoms with Crippen LogP contribution in [0.2, 0.25) is 0 Å². The van der Waals surface area contributed by atoms with E-state index in [1.54, 1.807) is 6.92 Å². The van der Waals surface area contributed by atoms with Gasteiger partial charge in [-0.15, -0.1) is 0 Å². The molecule has 1 aromatic rings. The smallest absolute Gasteiger partial charge is 0.306 e. The molecule has 0 fully saturated rings. The summed E-state index contributed by atoms with van der Waals surface area (Å²) in [5.74, 6) is -0.186. The van der Waals surface area contributed by atoms with Gasteiger partial charge in [0, 0.05) is 12.1 Å². The van der Waals surface area contributed by atoms with Gasteiger partial charge in [-0.3, -0.25) is 9.59 Å². The van der Waals surface area contributed by atoms with E-state index in [-0.39, 0.29) is 11.9 Å². The summed E-state index contributed by atoms with van der Waals surface area (Å²) >= 11 is 0. The number of carbonyl (C=O) groups is 2. The Morgan fingerprint density at radius 2 is 1.71 bits per heavy atom. The Kier molecular flexibility index (Phi) is 6.40. The molecule has 0 saturated heterocycles. The molecule has 1 amide bonds. The fourth-order valence-electron chi connectivity index (χ4n) is 1.95. The molecule has 0 aromatic heterocycles. The van der Waals surface area contributed by atoms with E-state index < -0.39 is 6.10 Å². The second kappa shape index (κ2) is 7.81. The van der Waals surface area contributed by atoms with Crippen LogP contribution in [0.1, 0.15) is 44.7 Å². The Labute approximate surface area is 126 Å². The summed E-state index contributed by atoms with van der Waals surface area (Å²) in [5.41, 5.74) is 2.76. The van der Waals surface area contributed by atoms with Crippen LogP contribution in [0.5, 0.6) is 0 Å². The van der Waals surface area contributed by atoms with Crippen LogP contribution in [-0.2, 0) is 14.3 Å². The van der Waals surface area contributed by atoms with E-state index in [1.165, 1.54) is 0 Å². The Morgan fingerprint density at radius 1 is 1.14 bits per heavy atom. The molecular formula is C17H25NO3. The van der Waals surface area contributed by atoms with Crippen molar-refractivity contribution in [2.45, 2.75) is 53.6 Å². The minimum absolute atomic E-state index is 0.301. The second-order valence-electron chi connectivity index (χ2n) is 5.82. The molecule has 0 aliphatic rings. The molecule has 116 valence electrons. The summed E-state index contributed by atoms with van der Waals surface area (Å²) in [4.78, 5) is 23.7. The van der Waals surface area contributed by atoms with Gasteiger partial charge in [0.05, 0.1) is 0 Å². The van der Waals surface area contributed by atoms with E-state index in [0.717, 1.165) is 23.2 Å². The van der Waals surface area contributed by atoms with Gasteiger partial charge in [-0.25, -0.2) is 0 Å². The standard InChI is InChI=1S/C17H25NO3/c1-11(2)9-10-15(19)21-14(5)17(20)18-16-12(3)7-6-8-13(16)4/h6-8,11,14H,9-10H2,1-5H3,(H,18,20)/t14-/m0/s1. The quantitative estimate of drug-likeness (QED) is 0.815. The number of esters is 1. The Bertz CT molecular complexity index is 489. The molecule has 0 unspecified atom stereocenters. The minimum Gasteiger partial charge on any atom is -0.453 e. The lowest BCUT2D eigenvalue weighted by Crippen LogP contribution is -2.30. The zero-order valence-corrected chi connectivity index (χ0v) is 13.5. The highest BCUT2D eigenvalue weighted by Gasteiger charge is 2.19. The van der Waals surface area contributed by atoms with Gasteiger partial charge in [-0.1, -0.05) is 32.0 Å². The zero-order valence-electron chi connectivity index (χ0n) is 13.5. The molecular weight excluding hydrogens is 266 g/mol. The number of nitrogens with one attached hydrogen (secondary N) is 1. The summed E-state index contributed by atoms with van der Waals surface area (Å²) in [7, 11) is 0. The van der Waals surface area contributed by atoms with Crippen molar-refractivity contribution in [3.63, 3.8) is 0 Å². The molecule has 0 spiro atoms. The van der Waals surface area contributed by atoms with Gasteiger partial charge in [0.15, 0.2) is 6.10 Å². The van der Waals surface area contributed by atoms with Crippen LogP contribution in [-0.4, -0.2) is 18.0 Å². The number of hydrogen-bond donors (Lipinski definition) is 1. The molecule has 0 radical (unpaired) electrons. The average molecular weight is 291 g/mol. The molecule has 1 atom stereocenters. The van der Waals surface area contributed by atoms with Crippen molar-refractivity contribution in [1.29, 1.82) is 0 Å². The van der Waals surface area contributed by atoms with Crippen LogP contribution in [0.15, 0.2) is 18.2 Å². The zero-order chi connectivity index (χ0) is 16.0. The first-order chi connectivity index (χ1) is 9.81. The summed E-state index contributed by atoms with van der Waals surface area (Å²) < 4.78 is 5.16. The van der Waals surface area contributed by atoms with Crippen molar-refractivity contribution in [2.75, 3.05) is 5.32 Å². The summed E-state index contributed by atoms with van der Waals surface area (Å²) in [6, 6.07) is 5.81. The van der Waals surface area contributed by atoms with E-state index in [0.29, 0.717) is 12.3 Å². The first kappa shape index (κ1) is 17.2. The molecule has 21 heavy (non-hydrogen) atoms. The predicted octanol–water partition coefficient (Wildman–Crippen LogP) is 3.61. The summed E-state index contributed by atoms with van der Waals surface area (Å²) in [5, 5.41) is 2.83. The van der Waals surface area contributed by atoms with E-state index >= 15 is 0 Å². The monoisotopic (exact) mass is 291 g/mol. The maximum Gasteiger partial charge on any atom is 0.306 e.